The third kappa shape index (κ3) is 1.20. The number of rotatable bonds is 1. The lowest BCUT2D eigenvalue weighted by atomic mass is 9.97. The fourth-order valence-electron chi connectivity index (χ4n) is 3.47. The highest BCUT2D eigenvalue weighted by Crippen LogP contribution is 2.52. The molecule has 2 nitrogen and oxygen atoms in total. The van der Waals surface area contributed by atoms with Gasteiger partial charge in [0.2, 0.25) is 0 Å². The molecule has 1 atom stereocenters. The van der Waals surface area contributed by atoms with Gasteiger partial charge in [-0.2, -0.15) is 0 Å². The minimum atomic E-state index is -0.0897. The molecule has 3 rings (SSSR count). The molecule has 0 heterocycles. The van der Waals surface area contributed by atoms with Gasteiger partial charge in [-0.3, -0.25) is 0 Å². The Hall–Kier alpha value is -1.05. The third-order valence-electron chi connectivity index (χ3n) is 4.06. The Kier molecular flexibility index (Phi) is 1.98. The number of hydrogen-bond acceptors (Lipinski definition) is 2. The molecule has 0 aromatic rings. The number of methoxy groups -OCH3 is 1. The summed E-state index contributed by atoms with van der Waals surface area (Å²) >= 11 is 0. The van der Waals surface area contributed by atoms with E-state index in [1.807, 2.05) is 0 Å². The van der Waals surface area contributed by atoms with Crippen molar-refractivity contribution in [3.63, 3.8) is 0 Å². The number of allylic oxidation sites excluding steroid dienone is 3. The molecular weight excluding hydrogens is 188 g/mol. The summed E-state index contributed by atoms with van der Waals surface area (Å²) in [6.07, 6.45) is 7.07. The summed E-state index contributed by atoms with van der Waals surface area (Å²) in [6, 6.07) is 0. The van der Waals surface area contributed by atoms with Crippen LogP contribution in [-0.4, -0.2) is 13.1 Å². The maximum Gasteiger partial charge on any atom is 0.334 e. The first-order valence-corrected chi connectivity index (χ1v) is 5.84. The van der Waals surface area contributed by atoms with Crippen LogP contribution < -0.4 is 0 Å². The average molecular weight is 204 g/mol. The van der Waals surface area contributed by atoms with Gasteiger partial charge in [0.05, 0.1) is 7.11 Å². The molecule has 0 N–H and O–H groups in total. The van der Waals surface area contributed by atoms with Gasteiger partial charge in [0.1, 0.15) is 0 Å². The van der Waals surface area contributed by atoms with E-state index in [2.05, 4.69) is 0 Å². The molecule has 0 aromatic heterocycles. The van der Waals surface area contributed by atoms with Crippen molar-refractivity contribution in [2.75, 3.05) is 7.11 Å². The van der Waals surface area contributed by atoms with Crippen molar-refractivity contribution < 1.29 is 9.53 Å². The number of esters is 1. The molecule has 3 aliphatic rings. The molecule has 0 fully saturated rings. The maximum absolute atomic E-state index is 11.6. The molecule has 80 valence electrons. The lowest BCUT2D eigenvalue weighted by molar-refractivity contribution is -0.136. The van der Waals surface area contributed by atoms with Crippen LogP contribution in [0, 0.1) is 5.92 Å². The van der Waals surface area contributed by atoms with Crippen molar-refractivity contribution in [2.24, 2.45) is 5.92 Å². The van der Waals surface area contributed by atoms with Gasteiger partial charge in [0.25, 0.3) is 0 Å². The quantitative estimate of drug-likeness (QED) is 0.614. The molecule has 0 bridgehead atoms. The van der Waals surface area contributed by atoms with E-state index in [1.165, 1.54) is 43.9 Å². The summed E-state index contributed by atoms with van der Waals surface area (Å²) in [5.41, 5.74) is 5.53. The highest BCUT2D eigenvalue weighted by atomic mass is 16.5. The summed E-state index contributed by atoms with van der Waals surface area (Å²) in [7, 11) is 1.49. The van der Waals surface area contributed by atoms with Crippen molar-refractivity contribution in [1.29, 1.82) is 0 Å². The van der Waals surface area contributed by atoms with Crippen LogP contribution in [0.5, 0.6) is 0 Å². The first-order valence-electron chi connectivity index (χ1n) is 5.84. The SMILES string of the molecule is COC(=O)C1=C2C3=C(CCC3)CC2CC1. The lowest BCUT2D eigenvalue weighted by Crippen LogP contribution is -2.05. The zero-order chi connectivity index (χ0) is 10.4. The zero-order valence-corrected chi connectivity index (χ0v) is 9.14. The average Bonchev–Trinajstić information content (AvgIpc) is 2.86. The number of carbonyl (C=O) groups excluding carboxylic acids is 1. The maximum atomic E-state index is 11.6. The molecule has 0 aromatic carbocycles. The van der Waals surface area contributed by atoms with Crippen molar-refractivity contribution in [2.45, 2.75) is 38.5 Å². The highest BCUT2D eigenvalue weighted by molar-refractivity contribution is 5.91. The van der Waals surface area contributed by atoms with Crippen molar-refractivity contribution in [1.82, 2.24) is 0 Å². The minimum absolute atomic E-state index is 0.0897. The van der Waals surface area contributed by atoms with E-state index >= 15 is 0 Å². The van der Waals surface area contributed by atoms with Crippen molar-refractivity contribution >= 4 is 5.97 Å². The predicted octanol–water partition coefficient (Wildman–Crippen LogP) is 2.75. The van der Waals surface area contributed by atoms with Crippen LogP contribution in [0.15, 0.2) is 22.3 Å². The largest absolute Gasteiger partial charge is 0.466 e. The van der Waals surface area contributed by atoms with Crippen LogP contribution in [0.25, 0.3) is 0 Å². The van der Waals surface area contributed by atoms with E-state index < -0.39 is 0 Å². The van der Waals surface area contributed by atoms with E-state index in [4.69, 9.17) is 4.74 Å². The van der Waals surface area contributed by atoms with Crippen LogP contribution >= 0.6 is 0 Å². The van der Waals surface area contributed by atoms with Crippen LogP contribution in [0.2, 0.25) is 0 Å². The number of ether oxygens (including phenoxy) is 1. The third-order valence-corrected chi connectivity index (χ3v) is 4.06. The van der Waals surface area contributed by atoms with Gasteiger partial charge in [-0.15, -0.1) is 0 Å². The number of carbonyl (C=O) groups is 1. The molecular formula is C13H16O2. The van der Waals surface area contributed by atoms with Gasteiger partial charge in [-0.25, -0.2) is 4.79 Å². The van der Waals surface area contributed by atoms with Crippen molar-refractivity contribution in [3.8, 4) is 0 Å². The van der Waals surface area contributed by atoms with Crippen LogP contribution in [0.3, 0.4) is 0 Å². The van der Waals surface area contributed by atoms with Gasteiger partial charge in [-0.05, 0) is 55.6 Å². The van der Waals surface area contributed by atoms with Gasteiger partial charge >= 0.3 is 5.97 Å². The topological polar surface area (TPSA) is 26.3 Å². The van der Waals surface area contributed by atoms with Gasteiger partial charge < -0.3 is 4.74 Å². The van der Waals surface area contributed by atoms with E-state index in [9.17, 15) is 4.79 Å². The van der Waals surface area contributed by atoms with Gasteiger partial charge in [-0.1, -0.05) is 5.57 Å². The summed E-state index contributed by atoms with van der Waals surface area (Å²) < 4.78 is 4.87. The van der Waals surface area contributed by atoms with Crippen molar-refractivity contribution in [3.05, 3.63) is 22.3 Å². The van der Waals surface area contributed by atoms with E-state index in [0.717, 1.165) is 18.4 Å². The normalized spacial score (nSPS) is 28.5. The monoisotopic (exact) mass is 204 g/mol. The second-order valence-electron chi connectivity index (χ2n) is 4.76. The predicted molar refractivity (Wildman–Crippen MR) is 57.3 cm³/mol. The molecule has 2 heteroatoms. The van der Waals surface area contributed by atoms with Crippen LogP contribution in [-0.2, 0) is 9.53 Å². The Morgan fingerprint density at radius 3 is 3.00 bits per heavy atom. The molecule has 0 radical (unpaired) electrons. The second kappa shape index (κ2) is 3.22. The first kappa shape index (κ1) is 9.20. The van der Waals surface area contributed by atoms with Crippen LogP contribution in [0.1, 0.15) is 38.5 Å². The molecule has 3 aliphatic carbocycles. The molecule has 15 heavy (non-hydrogen) atoms. The van der Waals surface area contributed by atoms with Gasteiger partial charge in [0, 0.05) is 5.57 Å². The Balaban J connectivity index is 2.03. The van der Waals surface area contributed by atoms with E-state index in [1.54, 1.807) is 5.57 Å². The lowest BCUT2D eigenvalue weighted by Gasteiger charge is -2.08. The second-order valence-corrected chi connectivity index (χ2v) is 4.76. The number of hydrogen-bond donors (Lipinski definition) is 0. The molecule has 0 spiro atoms. The molecule has 0 amide bonds. The summed E-state index contributed by atoms with van der Waals surface area (Å²) in [4.78, 5) is 11.6. The van der Waals surface area contributed by atoms with Gasteiger partial charge in [0.15, 0.2) is 0 Å². The molecule has 0 aliphatic heterocycles. The molecule has 0 saturated carbocycles. The fraction of sp³-hybridized carbons (Fsp3) is 0.615. The first-order chi connectivity index (χ1) is 7.31. The Labute approximate surface area is 90.0 Å². The highest BCUT2D eigenvalue weighted by Gasteiger charge is 2.39. The summed E-state index contributed by atoms with van der Waals surface area (Å²) in [5, 5.41) is 0. The molecule has 1 unspecified atom stereocenters. The standard InChI is InChI=1S/C13H16O2/c1-15-13(14)11-6-5-9-7-8-3-2-4-10(8)12(9)11/h9H,2-7H2,1H3. The minimum Gasteiger partial charge on any atom is -0.466 e. The smallest absolute Gasteiger partial charge is 0.334 e. The zero-order valence-electron chi connectivity index (χ0n) is 9.14. The Morgan fingerprint density at radius 1 is 1.33 bits per heavy atom. The Morgan fingerprint density at radius 2 is 2.20 bits per heavy atom. The summed E-state index contributed by atoms with van der Waals surface area (Å²) in [5.74, 6) is 0.567. The number of fused-ring (bicyclic) bond motifs is 2. The van der Waals surface area contributed by atoms with E-state index in [-0.39, 0.29) is 5.97 Å². The molecule has 0 saturated heterocycles. The summed E-state index contributed by atoms with van der Waals surface area (Å²) in [6.45, 7) is 0. The van der Waals surface area contributed by atoms with E-state index in [0.29, 0.717) is 5.92 Å². The van der Waals surface area contributed by atoms with Crippen LogP contribution in [0.4, 0.5) is 0 Å². The fourth-order valence-corrected chi connectivity index (χ4v) is 3.47. The Bertz CT molecular complexity index is 387.